The largest absolute Gasteiger partial charge is 0.204 e. The van der Waals surface area contributed by atoms with Crippen molar-refractivity contribution in [2.75, 3.05) is 0 Å². The number of benzene rings is 1. The van der Waals surface area contributed by atoms with E-state index in [-0.39, 0.29) is 0 Å². The molecule has 0 aliphatic heterocycles. The lowest BCUT2D eigenvalue weighted by Gasteiger charge is -2.34. The van der Waals surface area contributed by atoms with E-state index >= 15 is 0 Å². The van der Waals surface area contributed by atoms with Gasteiger partial charge in [0.1, 0.15) is 0 Å². The minimum atomic E-state index is -0.710. The van der Waals surface area contributed by atoms with Crippen molar-refractivity contribution in [3.05, 3.63) is 47.0 Å². The molecule has 0 spiro atoms. The lowest BCUT2D eigenvalue weighted by atomic mass is 9.72. The molecule has 0 saturated heterocycles. The van der Waals surface area contributed by atoms with Crippen LogP contribution in [0.4, 0.5) is 8.78 Å². The molecule has 1 unspecified atom stereocenters. The van der Waals surface area contributed by atoms with Crippen LogP contribution in [0.1, 0.15) is 62.5 Å². The van der Waals surface area contributed by atoms with Crippen LogP contribution in [0.2, 0.25) is 0 Å². The van der Waals surface area contributed by atoms with Crippen LogP contribution in [0.5, 0.6) is 0 Å². The fourth-order valence-electron chi connectivity index (χ4n) is 4.48. The van der Waals surface area contributed by atoms with Crippen molar-refractivity contribution >= 4 is 0 Å². The summed E-state index contributed by atoms with van der Waals surface area (Å²) in [5, 5.41) is 0. The van der Waals surface area contributed by atoms with Gasteiger partial charge in [-0.15, -0.1) is 0 Å². The molecule has 0 amide bonds. The van der Waals surface area contributed by atoms with Crippen LogP contribution in [0.15, 0.2) is 24.3 Å². The molecule has 1 fully saturated rings. The molecule has 1 saturated carbocycles. The van der Waals surface area contributed by atoms with E-state index in [0.29, 0.717) is 17.9 Å². The van der Waals surface area contributed by atoms with E-state index in [0.717, 1.165) is 23.8 Å². The van der Waals surface area contributed by atoms with Gasteiger partial charge in [-0.1, -0.05) is 31.1 Å². The van der Waals surface area contributed by atoms with Gasteiger partial charge in [-0.25, -0.2) is 8.78 Å². The summed E-state index contributed by atoms with van der Waals surface area (Å²) in [6.45, 7) is 1.88. The van der Waals surface area contributed by atoms with E-state index in [4.69, 9.17) is 0 Å². The standard InChI is InChI=1S/C21H28F2/c1-15-7-14-20(22)21(23)19(15)13-10-16-8-11-18(12-9-16)17-5-3-2-4-6-17/h3,5,7,14,16-18H,2,4,6,8-13H2,1H3. The number of halogens is 2. The molecule has 0 aromatic heterocycles. The van der Waals surface area contributed by atoms with Gasteiger partial charge in [0.15, 0.2) is 11.6 Å². The molecule has 3 rings (SSSR count). The zero-order valence-corrected chi connectivity index (χ0v) is 14.2. The fraction of sp³-hybridized carbons (Fsp3) is 0.619. The first-order valence-corrected chi connectivity index (χ1v) is 9.25. The third-order valence-corrected chi connectivity index (χ3v) is 6.02. The highest BCUT2D eigenvalue weighted by atomic mass is 19.2. The van der Waals surface area contributed by atoms with E-state index < -0.39 is 11.6 Å². The zero-order valence-electron chi connectivity index (χ0n) is 14.2. The Kier molecular flexibility index (Phi) is 5.50. The van der Waals surface area contributed by atoms with E-state index in [2.05, 4.69) is 12.2 Å². The van der Waals surface area contributed by atoms with Gasteiger partial charge in [0.05, 0.1) is 0 Å². The van der Waals surface area contributed by atoms with Gasteiger partial charge in [0, 0.05) is 0 Å². The molecule has 0 nitrogen and oxygen atoms in total. The molecule has 23 heavy (non-hydrogen) atoms. The van der Waals surface area contributed by atoms with Crippen molar-refractivity contribution in [2.24, 2.45) is 17.8 Å². The van der Waals surface area contributed by atoms with Gasteiger partial charge >= 0.3 is 0 Å². The van der Waals surface area contributed by atoms with Crippen LogP contribution in [0, 0.1) is 36.3 Å². The normalized spacial score (nSPS) is 28.0. The molecule has 2 aliphatic carbocycles. The van der Waals surface area contributed by atoms with Crippen LogP contribution in [0.3, 0.4) is 0 Å². The number of hydrogen-bond donors (Lipinski definition) is 0. The molecule has 1 atom stereocenters. The van der Waals surface area contributed by atoms with E-state index in [9.17, 15) is 8.78 Å². The first kappa shape index (κ1) is 16.7. The summed E-state index contributed by atoms with van der Waals surface area (Å²) in [6.07, 6.45) is 15.6. The fourth-order valence-corrected chi connectivity index (χ4v) is 4.48. The van der Waals surface area contributed by atoms with Gasteiger partial charge in [0.2, 0.25) is 0 Å². The maximum absolute atomic E-state index is 13.9. The Morgan fingerprint density at radius 1 is 1.04 bits per heavy atom. The smallest absolute Gasteiger partial charge is 0.162 e. The molecule has 2 aliphatic rings. The van der Waals surface area contributed by atoms with Crippen molar-refractivity contribution in [1.29, 1.82) is 0 Å². The second-order valence-electron chi connectivity index (χ2n) is 7.50. The predicted molar refractivity (Wildman–Crippen MR) is 91.3 cm³/mol. The maximum Gasteiger partial charge on any atom is 0.162 e. The summed E-state index contributed by atoms with van der Waals surface area (Å²) < 4.78 is 27.3. The molecule has 0 heterocycles. The third-order valence-electron chi connectivity index (χ3n) is 6.02. The van der Waals surface area contributed by atoms with Gasteiger partial charge in [0.25, 0.3) is 0 Å². The summed E-state index contributed by atoms with van der Waals surface area (Å²) in [6, 6.07) is 2.93. The Morgan fingerprint density at radius 2 is 1.83 bits per heavy atom. The van der Waals surface area contributed by atoms with E-state index in [1.165, 1.54) is 51.0 Å². The molecular formula is C21H28F2. The first-order valence-electron chi connectivity index (χ1n) is 9.25. The minimum Gasteiger partial charge on any atom is -0.204 e. The maximum atomic E-state index is 13.9. The topological polar surface area (TPSA) is 0 Å². The number of hydrogen-bond acceptors (Lipinski definition) is 0. The highest BCUT2D eigenvalue weighted by molar-refractivity contribution is 5.28. The molecule has 0 N–H and O–H groups in total. The summed E-state index contributed by atoms with van der Waals surface area (Å²) in [5.74, 6) is 0.994. The molecule has 1 aromatic rings. The van der Waals surface area contributed by atoms with Gasteiger partial charge in [-0.2, -0.15) is 0 Å². The molecule has 126 valence electrons. The summed E-state index contributed by atoms with van der Waals surface area (Å²) in [4.78, 5) is 0. The van der Waals surface area contributed by atoms with Crippen molar-refractivity contribution in [3.8, 4) is 0 Å². The molecule has 0 radical (unpaired) electrons. The highest BCUT2D eigenvalue weighted by Crippen LogP contribution is 2.39. The second-order valence-corrected chi connectivity index (χ2v) is 7.50. The van der Waals surface area contributed by atoms with Crippen LogP contribution in [-0.2, 0) is 6.42 Å². The zero-order chi connectivity index (χ0) is 16.2. The summed E-state index contributed by atoms with van der Waals surface area (Å²) in [5.41, 5.74) is 1.47. The monoisotopic (exact) mass is 318 g/mol. The Bertz CT molecular complexity index is 553. The van der Waals surface area contributed by atoms with Crippen molar-refractivity contribution in [1.82, 2.24) is 0 Å². The number of allylic oxidation sites excluding steroid dienone is 2. The Hall–Kier alpha value is -1.18. The quantitative estimate of drug-likeness (QED) is 0.566. The van der Waals surface area contributed by atoms with Crippen molar-refractivity contribution < 1.29 is 8.78 Å². The van der Waals surface area contributed by atoms with Gasteiger partial charge in [-0.05, 0) is 86.8 Å². The van der Waals surface area contributed by atoms with Crippen molar-refractivity contribution in [3.63, 3.8) is 0 Å². The van der Waals surface area contributed by atoms with Gasteiger partial charge < -0.3 is 0 Å². The summed E-state index contributed by atoms with van der Waals surface area (Å²) in [7, 11) is 0. The summed E-state index contributed by atoms with van der Waals surface area (Å²) >= 11 is 0. The number of rotatable bonds is 4. The third kappa shape index (κ3) is 4.02. The molecule has 2 heteroatoms. The molecule has 1 aromatic carbocycles. The lowest BCUT2D eigenvalue weighted by molar-refractivity contribution is 0.211. The second kappa shape index (κ2) is 7.59. The van der Waals surface area contributed by atoms with Crippen LogP contribution < -0.4 is 0 Å². The lowest BCUT2D eigenvalue weighted by Crippen LogP contribution is -2.22. The Balaban J connectivity index is 1.51. The average molecular weight is 318 g/mol. The molecular weight excluding hydrogens is 290 g/mol. The van der Waals surface area contributed by atoms with E-state index in [1.54, 1.807) is 6.07 Å². The van der Waals surface area contributed by atoms with Crippen molar-refractivity contribution in [2.45, 2.75) is 64.7 Å². The first-order chi connectivity index (χ1) is 11.1. The Morgan fingerprint density at radius 3 is 2.52 bits per heavy atom. The SMILES string of the molecule is Cc1ccc(F)c(F)c1CCC1CCC(C2C=CCCC2)CC1. The highest BCUT2D eigenvalue weighted by Gasteiger charge is 2.27. The predicted octanol–water partition coefficient (Wildman–Crippen LogP) is 6.37. The van der Waals surface area contributed by atoms with Crippen LogP contribution in [0.25, 0.3) is 0 Å². The minimum absolute atomic E-state index is 0.585. The number of aryl methyl sites for hydroxylation is 1. The Labute approximate surface area is 139 Å². The average Bonchev–Trinajstić information content (AvgIpc) is 2.60. The van der Waals surface area contributed by atoms with E-state index in [1.807, 2.05) is 6.92 Å². The van der Waals surface area contributed by atoms with Gasteiger partial charge in [-0.3, -0.25) is 0 Å². The molecule has 0 bridgehead atoms. The van der Waals surface area contributed by atoms with Crippen LogP contribution >= 0.6 is 0 Å². The van der Waals surface area contributed by atoms with Crippen LogP contribution in [-0.4, -0.2) is 0 Å².